The van der Waals surface area contributed by atoms with E-state index < -0.39 is 0 Å². The zero-order chi connectivity index (χ0) is 11.7. The molecule has 2 N–H and O–H groups in total. The first-order valence-electron chi connectivity index (χ1n) is 4.91. The van der Waals surface area contributed by atoms with Gasteiger partial charge in [-0.05, 0) is 42.3 Å². The van der Waals surface area contributed by atoms with Gasteiger partial charge in [0.25, 0.3) is 0 Å². The highest BCUT2D eigenvalue weighted by Gasteiger charge is 2.13. The summed E-state index contributed by atoms with van der Waals surface area (Å²) in [4.78, 5) is 5.35. The SMILES string of the molecule is CCc1c(SC#N)cc(C)c2nc(N)sc12. The van der Waals surface area contributed by atoms with Crippen LogP contribution in [0.5, 0.6) is 0 Å². The third-order valence-electron chi connectivity index (χ3n) is 2.45. The molecule has 0 spiro atoms. The van der Waals surface area contributed by atoms with Crippen LogP contribution in [0.1, 0.15) is 18.1 Å². The highest BCUT2D eigenvalue weighted by atomic mass is 32.2. The number of rotatable bonds is 2. The Labute approximate surface area is 102 Å². The van der Waals surface area contributed by atoms with Crippen LogP contribution in [0.25, 0.3) is 10.2 Å². The predicted octanol–water partition coefficient (Wildman–Crippen LogP) is 3.32. The first-order chi connectivity index (χ1) is 7.67. The normalized spacial score (nSPS) is 10.6. The summed E-state index contributed by atoms with van der Waals surface area (Å²) in [5.74, 6) is 0. The van der Waals surface area contributed by atoms with Gasteiger partial charge in [-0.15, -0.1) is 0 Å². The van der Waals surface area contributed by atoms with Crippen LogP contribution in [0.4, 0.5) is 5.13 Å². The van der Waals surface area contributed by atoms with Crippen molar-refractivity contribution in [2.24, 2.45) is 0 Å². The summed E-state index contributed by atoms with van der Waals surface area (Å²) in [7, 11) is 0. The molecule has 16 heavy (non-hydrogen) atoms. The van der Waals surface area contributed by atoms with Gasteiger partial charge in [-0.2, -0.15) is 5.26 Å². The van der Waals surface area contributed by atoms with Gasteiger partial charge in [0, 0.05) is 4.90 Å². The fourth-order valence-electron chi connectivity index (χ4n) is 1.75. The topological polar surface area (TPSA) is 62.7 Å². The number of thiocyanates is 1. The fraction of sp³-hybridized carbons (Fsp3) is 0.273. The summed E-state index contributed by atoms with van der Waals surface area (Å²) in [6.45, 7) is 4.09. The van der Waals surface area contributed by atoms with Gasteiger partial charge in [0.2, 0.25) is 0 Å². The van der Waals surface area contributed by atoms with Crippen molar-refractivity contribution in [3.8, 4) is 5.40 Å². The molecule has 2 aromatic rings. The largest absolute Gasteiger partial charge is 0.375 e. The van der Waals surface area contributed by atoms with E-state index in [1.165, 1.54) is 28.7 Å². The maximum Gasteiger partial charge on any atom is 0.181 e. The number of nitrogens with zero attached hydrogens (tertiary/aromatic N) is 2. The fourth-order valence-corrected chi connectivity index (χ4v) is 3.54. The number of hydrogen-bond donors (Lipinski definition) is 1. The van der Waals surface area contributed by atoms with Gasteiger partial charge < -0.3 is 5.73 Å². The summed E-state index contributed by atoms with van der Waals surface area (Å²) >= 11 is 2.71. The van der Waals surface area contributed by atoms with Crippen molar-refractivity contribution in [3.05, 3.63) is 17.2 Å². The number of nitriles is 1. The van der Waals surface area contributed by atoms with Crippen LogP contribution in [0.3, 0.4) is 0 Å². The second-order valence-corrected chi connectivity index (χ2v) is 5.30. The molecule has 0 radical (unpaired) electrons. The van der Waals surface area contributed by atoms with Gasteiger partial charge in [0.15, 0.2) is 5.13 Å². The van der Waals surface area contributed by atoms with Crippen LogP contribution in [0.2, 0.25) is 0 Å². The molecule has 0 unspecified atom stereocenters. The second kappa shape index (κ2) is 4.32. The number of benzene rings is 1. The van der Waals surface area contributed by atoms with Crippen molar-refractivity contribution in [1.29, 1.82) is 5.26 Å². The van der Waals surface area contributed by atoms with Crippen molar-refractivity contribution >= 4 is 38.4 Å². The predicted molar refractivity (Wildman–Crippen MR) is 69.6 cm³/mol. The molecule has 0 fully saturated rings. The Morgan fingerprint density at radius 1 is 1.62 bits per heavy atom. The van der Waals surface area contributed by atoms with Gasteiger partial charge in [0.05, 0.1) is 10.2 Å². The number of thioether (sulfide) groups is 1. The summed E-state index contributed by atoms with van der Waals surface area (Å²) in [5.41, 5.74) is 8.98. The van der Waals surface area contributed by atoms with E-state index in [0.717, 1.165) is 27.1 Å². The summed E-state index contributed by atoms with van der Waals surface area (Å²) < 4.78 is 1.12. The third-order valence-corrected chi connectivity index (χ3v) is 4.07. The number of aromatic nitrogens is 1. The molecular formula is C11H11N3S2. The molecule has 1 aromatic carbocycles. The standard InChI is InChI=1S/C11H11N3S2/c1-3-7-8(15-5-12)4-6(2)9-10(7)16-11(13)14-9/h4H,3H2,1-2H3,(H2,13,14). The molecule has 0 bridgehead atoms. The van der Waals surface area contributed by atoms with Gasteiger partial charge in [-0.3, -0.25) is 0 Å². The van der Waals surface area contributed by atoms with Crippen molar-refractivity contribution < 1.29 is 0 Å². The van der Waals surface area contributed by atoms with Crippen LogP contribution in [0, 0.1) is 17.6 Å². The number of aryl methyl sites for hydroxylation is 2. The molecule has 82 valence electrons. The number of hydrogen-bond acceptors (Lipinski definition) is 5. The minimum atomic E-state index is 0.590. The van der Waals surface area contributed by atoms with Crippen LogP contribution in [-0.2, 0) is 6.42 Å². The molecule has 1 aromatic heterocycles. The monoisotopic (exact) mass is 249 g/mol. The van der Waals surface area contributed by atoms with E-state index in [1.807, 2.05) is 13.0 Å². The average molecular weight is 249 g/mol. The Morgan fingerprint density at radius 3 is 3.00 bits per heavy atom. The molecule has 2 rings (SSSR count). The molecule has 5 heteroatoms. The van der Waals surface area contributed by atoms with Crippen LogP contribution in [-0.4, -0.2) is 4.98 Å². The van der Waals surface area contributed by atoms with Crippen molar-refractivity contribution in [2.75, 3.05) is 5.73 Å². The molecule has 0 aliphatic carbocycles. The molecule has 0 aliphatic heterocycles. The van der Waals surface area contributed by atoms with Crippen molar-refractivity contribution in [1.82, 2.24) is 4.98 Å². The van der Waals surface area contributed by atoms with Crippen LogP contribution >= 0.6 is 23.1 Å². The number of fused-ring (bicyclic) bond motifs is 1. The number of thiazole rings is 1. The van der Waals surface area contributed by atoms with Gasteiger partial charge in [0.1, 0.15) is 5.40 Å². The second-order valence-electron chi connectivity index (χ2n) is 3.45. The Balaban J connectivity index is 2.79. The van der Waals surface area contributed by atoms with E-state index in [-0.39, 0.29) is 0 Å². The molecule has 0 saturated carbocycles. The summed E-state index contributed by atoms with van der Waals surface area (Å²) in [5, 5.41) is 11.5. The van der Waals surface area contributed by atoms with Crippen molar-refractivity contribution in [3.63, 3.8) is 0 Å². The third kappa shape index (κ3) is 1.75. The minimum absolute atomic E-state index is 0.590. The van der Waals surface area contributed by atoms with E-state index >= 15 is 0 Å². The molecule has 0 atom stereocenters. The van der Waals surface area contributed by atoms with Crippen LogP contribution < -0.4 is 5.73 Å². The molecule has 3 nitrogen and oxygen atoms in total. The molecule has 1 heterocycles. The quantitative estimate of drug-likeness (QED) is 0.655. The van der Waals surface area contributed by atoms with Gasteiger partial charge >= 0.3 is 0 Å². The first kappa shape index (κ1) is 11.2. The van der Waals surface area contributed by atoms with E-state index in [0.29, 0.717) is 5.13 Å². The molecule has 0 saturated heterocycles. The minimum Gasteiger partial charge on any atom is -0.375 e. The Bertz CT molecular complexity index is 581. The zero-order valence-corrected chi connectivity index (χ0v) is 10.7. The number of anilines is 1. The molecular weight excluding hydrogens is 238 g/mol. The lowest BCUT2D eigenvalue weighted by Gasteiger charge is -2.06. The van der Waals surface area contributed by atoms with E-state index in [2.05, 4.69) is 17.3 Å². The Kier molecular flexibility index (Phi) is 3.03. The first-order valence-corrected chi connectivity index (χ1v) is 6.55. The zero-order valence-electron chi connectivity index (χ0n) is 9.07. The lowest BCUT2D eigenvalue weighted by Crippen LogP contribution is -1.88. The lowest BCUT2D eigenvalue weighted by molar-refractivity contribution is 1.10. The van der Waals surface area contributed by atoms with E-state index in [1.54, 1.807) is 0 Å². The smallest absolute Gasteiger partial charge is 0.181 e. The van der Waals surface area contributed by atoms with Crippen molar-refractivity contribution in [2.45, 2.75) is 25.2 Å². The lowest BCUT2D eigenvalue weighted by atomic mass is 10.1. The van der Waals surface area contributed by atoms with E-state index in [9.17, 15) is 0 Å². The molecule has 0 aliphatic rings. The Hall–Kier alpha value is -1.25. The molecule has 0 amide bonds. The van der Waals surface area contributed by atoms with Crippen LogP contribution in [0.15, 0.2) is 11.0 Å². The maximum atomic E-state index is 8.78. The maximum absolute atomic E-state index is 8.78. The summed E-state index contributed by atoms with van der Waals surface area (Å²) in [6, 6.07) is 2.02. The number of nitrogens with two attached hydrogens (primary N) is 1. The number of nitrogen functional groups attached to an aromatic ring is 1. The summed E-state index contributed by atoms with van der Waals surface area (Å²) in [6.07, 6.45) is 0.891. The van der Waals surface area contributed by atoms with Gasteiger partial charge in [-0.25, -0.2) is 4.98 Å². The van der Waals surface area contributed by atoms with Gasteiger partial charge in [-0.1, -0.05) is 18.3 Å². The highest BCUT2D eigenvalue weighted by Crippen LogP contribution is 2.36. The van der Waals surface area contributed by atoms with E-state index in [4.69, 9.17) is 11.0 Å². The Morgan fingerprint density at radius 2 is 2.38 bits per heavy atom. The highest BCUT2D eigenvalue weighted by molar-refractivity contribution is 8.03. The average Bonchev–Trinajstić information content (AvgIpc) is 2.61.